The lowest BCUT2D eigenvalue weighted by Crippen LogP contribution is -2.18. The normalized spacial score (nSPS) is 17.6. The second-order valence-corrected chi connectivity index (χ2v) is 6.15. The first-order chi connectivity index (χ1) is 10.8. The number of nitrogens with one attached hydrogen (secondary N) is 1. The fourth-order valence-corrected chi connectivity index (χ4v) is 3.11. The summed E-state index contributed by atoms with van der Waals surface area (Å²) in [5.41, 5.74) is 4.30. The van der Waals surface area contributed by atoms with Crippen LogP contribution >= 0.6 is 0 Å². The molecule has 0 fully saturated rings. The molecule has 1 heterocycles. The van der Waals surface area contributed by atoms with Gasteiger partial charge in [0.2, 0.25) is 0 Å². The van der Waals surface area contributed by atoms with E-state index in [1.807, 2.05) is 0 Å². The second kappa shape index (κ2) is 7.46. The molecule has 2 aromatic rings. The molecule has 116 valence electrons. The Labute approximate surface area is 133 Å². The lowest BCUT2D eigenvalue weighted by atomic mass is 9.95. The van der Waals surface area contributed by atoms with Crippen molar-refractivity contribution in [3.8, 4) is 5.75 Å². The van der Waals surface area contributed by atoms with E-state index in [1.54, 1.807) is 0 Å². The van der Waals surface area contributed by atoms with Crippen LogP contribution in [0.25, 0.3) is 0 Å². The molecule has 0 bridgehead atoms. The Bertz CT molecular complexity index is 594. The number of benzene rings is 2. The molecular weight excluding hydrogens is 270 g/mol. The van der Waals surface area contributed by atoms with Crippen LogP contribution in [-0.2, 0) is 12.8 Å². The van der Waals surface area contributed by atoms with Gasteiger partial charge >= 0.3 is 0 Å². The Hall–Kier alpha value is -1.80. The van der Waals surface area contributed by atoms with Crippen LogP contribution in [0.5, 0.6) is 5.75 Å². The van der Waals surface area contributed by atoms with Gasteiger partial charge in [-0.25, -0.2) is 0 Å². The summed E-state index contributed by atoms with van der Waals surface area (Å²) in [7, 11) is 0. The van der Waals surface area contributed by atoms with Crippen molar-refractivity contribution in [3.05, 3.63) is 65.2 Å². The van der Waals surface area contributed by atoms with E-state index in [4.69, 9.17) is 4.74 Å². The van der Waals surface area contributed by atoms with Gasteiger partial charge in [0.25, 0.3) is 0 Å². The summed E-state index contributed by atoms with van der Waals surface area (Å²) < 4.78 is 5.96. The molecule has 0 saturated carbocycles. The van der Waals surface area contributed by atoms with Gasteiger partial charge in [0.1, 0.15) is 5.75 Å². The molecule has 2 aromatic carbocycles. The SMILES string of the molecule is CC1CNCCc2ccc(OCCCc3ccccc3)cc21. The highest BCUT2D eigenvalue weighted by atomic mass is 16.5. The summed E-state index contributed by atoms with van der Waals surface area (Å²) in [6.45, 7) is 5.20. The number of rotatable bonds is 5. The summed E-state index contributed by atoms with van der Waals surface area (Å²) in [5.74, 6) is 1.57. The summed E-state index contributed by atoms with van der Waals surface area (Å²) in [5, 5.41) is 3.49. The molecule has 1 aliphatic heterocycles. The van der Waals surface area contributed by atoms with E-state index in [0.29, 0.717) is 5.92 Å². The lowest BCUT2D eigenvalue weighted by molar-refractivity contribution is 0.310. The largest absolute Gasteiger partial charge is 0.494 e. The Kier molecular flexibility index (Phi) is 5.12. The lowest BCUT2D eigenvalue weighted by Gasteiger charge is -2.14. The van der Waals surface area contributed by atoms with E-state index < -0.39 is 0 Å². The minimum Gasteiger partial charge on any atom is -0.494 e. The third-order valence-electron chi connectivity index (χ3n) is 4.39. The van der Waals surface area contributed by atoms with Gasteiger partial charge in [-0.2, -0.15) is 0 Å². The minimum absolute atomic E-state index is 0.561. The molecule has 2 heteroatoms. The maximum atomic E-state index is 5.96. The first-order valence-electron chi connectivity index (χ1n) is 8.33. The van der Waals surface area contributed by atoms with E-state index in [2.05, 4.69) is 60.8 Å². The average molecular weight is 295 g/mol. The van der Waals surface area contributed by atoms with Crippen LogP contribution < -0.4 is 10.1 Å². The topological polar surface area (TPSA) is 21.3 Å². The van der Waals surface area contributed by atoms with E-state index in [0.717, 1.165) is 44.7 Å². The van der Waals surface area contributed by atoms with Crippen molar-refractivity contribution < 1.29 is 4.74 Å². The van der Waals surface area contributed by atoms with Crippen LogP contribution in [0.1, 0.15) is 36.0 Å². The Balaban J connectivity index is 1.55. The number of fused-ring (bicyclic) bond motifs is 1. The zero-order valence-corrected chi connectivity index (χ0v) is 13.3. The van der Waals surface area contributed by atoms with Gasteiger partial charge in [0.15, 0.2) is 0 Å². The highest BCUT2D eigenvalue weighted by molar-refractivity contribution is 5.38. The van der Waals surface area contributed by atoms with Crippen molar-refractivity contribution in [2.75, 3.05) is 19.7 Å². The Morgan fingerprint density at radius 2 is 2.00 bits per heavy atom. The molecule has 1 atom stereocenters. The van der Waals surface area contributed by atoms with Gasteiger partial charge in [-0.15, -0.1) is 0 Å². The molecule has 3 rings (SSSR count). The fraction of sp³-hybridized carbons (Fsp3) is 0.400. The molecular formula is C20H25NO. The van der Waals surface area contributed by atoms with Gasteiger partial charge in [-0.1, -0.05) is 43.3 Å². The van der Waals surface area contributed by atoms with Crippen LogP contribution in [0.4, 0.5) is 0 Å². The molecule has 2 nitrogen and oxygen atoms in total. The van der Waals surface area contributed by atoms with E-state index in [1.165, 1.54) is 16.7 Å². The fourth-order valence-electron chi connectivity index (χ4n) is 3.11. The third kappa shape index (κ3) is 3.89. The maximum Gasteiger partial charge on any atom is 0.119 e. The van der Waals surface area contributed by atoms with E-state index in [-0.39, 0.29) is 0 Å². The smallest absolute Gasteiger partial charge is 0.119 e. The highest BCUT2D eigenvalue weighted by Crippen LogP contribution is 2.26. The quantitative estimate of drug-likeness (QED) is 0.843. The first-order valence-corrected chi connectivity index (χ1v) is 8.33. The van der Waals surface area contributed by atoms with Gasteiger partial charge < -0.3 is 10.1 Å². The van der Waals surface area contributed by atoms with Gasteiger partial charge in [0, 0.05) is 6.54 Å². The van der Waals surface area contributed by atoms with Gasteiger partial charge in [0.05, 0.1) is 6.61 Å². The van der Waals surface area contributed by atoms with Crippen molar-refractivity contribution in [1.82, 2.24) is 5.32 Å². The predicted molar refractivity (Wildman–Crippen MR) is 91.7 cm³/mol. The zero-order chi connectivity index (χ0) is 15.2. The molecule has 22 heavy (non-hydrogen) atoms. The Morgan fingerprint density at radius 1 is 1.14 bits per heavy atom. The van der Waals surface area contributed by atoms with Crippen LogP contribution in [-0.4, -0.2) is 19.7 Å². The van der Waals surface area contributed by atoms with Crippen molar-refractivity contribution in [2.24, 2.45) is 0 Å². The zero-order valence-electron chi connectivity index (χ0n) is 13.3. The van der Waals surface area contributed by atoms with Crippen molar-refractivity contribution >= 4 is 0 Å². The predicted octanol–water partition coefficient (Wildman–Crippen LogP) is 3.95. The van der Waals surface area contributed by atoms with Crippen LogP contribution in [0.15, 0.2) is 48.5 Å². The number of hydrogen-bond acceptors (Lipinski definition) is 2. The molecule has 0 spiro atoms. The molecule has 1 aliphatic rings. The molecule has 0 amide bonds. The molecule has 0 aromatic heterocycles. The summed E-state index contributed by atoms with van der Waals surface area (Å²) in [4.78, 5) is 0. The van der Waals surface area contributed by atoms with Crippen molar-refractivity contribution in [1.29, 1.82) is 0 Å². The number of ether oxygens (including phenoxy) is 1. The van der Waals surface area contributed by atoms with Crippen molar-refractivity contribution in [3.63, 3.8) is 0 Å². The van der Waals surface area contributed by atoms with Crippen LogP contribution in [0.2, 0.25) is 0 Å². The maximum absolute atomic E-state index is 5.96. The Morgan fingerprint density at radius 3 is 2.86 bits per heavy atom. The molecule has 1 N–H and O–H groups in total. The first kappa shape index (κ1) is 15.1. The molecule has 0 radical (unpaired) electrons. The van der Waals surface area contributed by atoms with Crippen molar-refractivity contribution in [2.45, 2.75) is 32.1 Å². The highest BCUT2D eigenvalue weighted by Gasteiger charge is 2.15. The number of hydrogen-bond donors (Lipinski definition) is 1. The molecule has 0 aliphatic carbocycles. The monoisotopic (exact) mass is 295 g/mol. The minimum atomic E-state index is 0.561. The summed E-state index contributed by atoms with van der Waals surface area (Å²) in [6.07, 6.45) is 3.25. The summed E-state index contributed by atoms with van der Waals surface area (Å²) in [6, 6.07) is 17.2. The molecule has 0 saturated heterocycles. The van der Waals surface area contributed by atoms with Gasteiger partial charge in [-0.3, -0.25) is 0 Å². The van der Waals surface area contributed by atoms with E-state index >= 15 is 0 Å². The van der Waals surface area contributed by atoms with Gasteiger partial charge in [-0.05, 0) is 60.5 Å². The summed E-state index contributed by atoms with van der Waals surface area (Å²) >= 11 is 0. The standard InChI is InChI=1S/C20H25NO/c1-16-15-21-12-11-18-9-10-19(14-20(16)18)22-13-5-8-17-6-3-2-4-7-17/h2-4,6-7,9-10,14,16,21H,5,8,11-13,15H2,1H3. The van der Waals surface area contributed by atoms with Crippen LogP contribution in [0.3, 0.4) is 0 Å². The average Bonchev–Trinajstić information content (AvgIpc) is 2.74. The molecule has 1 unspecified atom stereocenters. The second-order valence-electron chi connectivity index (χ2n) is 6.15. The van der Waals surface area contributed by atoms with Crippen LogP contribution in [0, 0.1) is 0 Å². The third-order valence-corrected chi connectivity index (χ3v) is 4.39. The number of aryl methyl sites for hydroxylation is 1. The van der Waals surface area contributed by atoms with E-state index in [9.17, 15) is 0 Å².